The van der Waals surface area contributed by atoms with Crippen molar-refractivity contribution in [3.63, 3.8) is 0 Å². The number of likely N-dealkylation sites (N-methyl/N-ethyl adjacent to an activating group) is 1. The highest BCUT2D eigenvalue weighted by molar-refractivity contribution is 5.87. The summed E-state index contributed by atoms with van der Waals surface area (Å²) in [4.78, 5) is 14.5. The first-order valence-corrected chi connectivity index (χ1v) is 3.86. The van der Waals surface area contributed by atoms with Crippen LogP contribution < -0.4 is 0 Å². The lowest BCUT2D eigenvalue weighted by Crippen LogP contribution is -2.33. The highest BCUT2D eigenvalue weighted by Crippen LogP contribution is 2.25. The lowest BCUT2D eigenvalue weighted by molar-refractivity contribution is -0.134. The maximum absolute atomic E-state index is 10.8. The van der Waals surface area contributed by atoms with Gasteiger partial charge in [-0.25, -0.2) is 4.79 Å². The summed E-state index contributed by atoms with van der Waals surface area (Å²) in [6, 6.07) is 0. The molecule has 1 unspecified atom stereocenters. The zero-order chi connectivity index (χ0) is 9.46. The van der Waals surface area contributed by atoms with E-state index >= 15 is 0 Å². The molecule has 0 saturated carbocycles. The third-order valence-corrected chi connectivity index (χ3v) is 2.55. The molecule has 4 heteroatoms. The molecular weight excluding hydrogens is 156 g/mol. The maximum atomic E-state index is 10.8. The van der Waals surface area contributed by atoms with E-state index < -0.39 is 5.97 Å². The summed E-state index contributed by atoms with van der Waals surface area (Å²) in [6.07, 6.45) is 0.135. The summed E-state index contributed by atoms with van der Waals surface area (Å²) in [5, 5.41) is 8.86. The van der Waals surface area contributed by atoms with Gasteiger partial charge in [0.15, 0.2) is 0 Å². The van der Waals surface area contributed by atoms with Crippen LogP contribution in [0.1, 0.15) is 13.8 Å². The average molecular weight is 170 g/mol. The summed E-state index contributed by atoms with van der Waals surface area (Å²) < 4.78 is 0. The van der Waals surface area contributed by atoms with E-state index in [0.29, 0.717) is 5.70 Å². The molecule has 1 atom stereocenters. The molecule has 4 nitrogen and oxygen atoms in total. The van der Waals surface area contributed by atoms with Crippen LogP contribution in [0, 0.1) is 0 Å². The Morgan fingerprint density at radius 2 is 1.92 bits per heavy atom. The monoisotopic (exact) mass is 170 g/mol. The van der Waals surface area contributed by atoms with Crippen molar-refractivity contribution in [2.75, 3.05) is 14.1 Å². The summed E-state index contributed by atoms with van der Waals surface area (Å²) >= 11 is 0. The van der Waals surface area contributed by atoms with Crippen LogP contribution in [0.5, 0.6) is 0 Å². The van der Waals surface area contributed by atoms with E-state index in [4.69, 9.17) is 5.11 Å². The minimum atomic E-state index is -0.855. The zero-order valence-electron chi connectivity index (χ0n) is 7.83. The smallest absolute Gasteiger partial charge is 0.354 e. The van der Waals surface area contributed by atoms with Gasteiger partial charge < -0.3 is 14.9 Å². The summed E-state index contributed by atoms with van der Waals surface area (Å²) in [5.74, 6) is -0.855. The van der Waals surface area contributed by atoms with Gasteiger partial charge in [0.25, 0.3) is 0 Å². The van der Waals surface area contributed by atoms with E-state index in [9.17, 15) is 4.79 Å². The second kappa shape index (κ2) is 2.69. The molecule has 0 amide bonds. The molecule has 0 aromatic heterocycles. The van der Waals surface area contributed by atoms with Crippen LogP contribution in [-0.2, 0) is 4.79 Å². The largest absolute Gasteiger partial charge is 0.477 e. The van der Waals surface area contributed by atoms with Crippen LogP contribution in [0.3, 0.4) is 0 Å². The second-order valence-corrected chi connectivity index (χ2v) is 3.09. The van der Waals surface area contributed by atoms with Crippen molar-refractivity contribution < 1.29 is 9.90 Å². The van der Waals surface area contributed by atoms with E-state index in [-0.39, 0.29) is 6.17 Å². The molecule has 68 valence electrons. The molecular formula is C8H14N2O2. The average Bonchev–Trinajstić information content (AvgIpc) is 2.16. The standard InChI is InChI=1S/C8H14N2O2/c1-5-7(8(11)12)10(4)6(2)9(5)3/h6H,1-4H3,(H,11,12). The Bertz CT molecular complexity index is 247. The lowest BCUT2D eigenvalue weighted by atomic mass is 10.3. The van der Waals surface area contributed by atoms with Crippen molar-refractivity contribution in [3.8, 4) is 0 Å². The number of allylic oxidation sites excluding steroid dienone is 1. The van der Waals surface area contributed by atoms with Gasteiger partial charge >= 0.3 is 5.97 Å². The number of carboxylic acids is 1. The number of aliphatic carboxylic acids is 1. The van der Waals surface area contributed by atoms with Gasteiger partial charge in [0, 0.05) is 19.8 Å². The first-order valence-electron chi connectivity index (χ1n) is 3.86. The quantitative estimate of drug-likeness (QED) is 0.623. The SMILES string of the molecule is CC1=C(C(=O)O)N(C)C(C)N1C. The van der Waals surface area contributed by atoms with E-state index in [0.717, 1.165) is 5.70 Å². The predicted octanol–water partition coefficient (Wildman–Crippen LogP) is 0.526. The highest BCUT2D eigenvalue weighted by Gasteiger charge is 2.31. The molecule has 0 fully saturated rings. The molecule has 1 N–H and O–H groups in total. The third kappa shape index (κ3) is 1.03. The molecule has 1 heterocycles. The topological polar surface area (TPSA) is 43.8 Å². The van der Waals surface area contributed by atoms with Crippen molar-refractivity contribution in [1.29, 1.82) is 0 Å². The lowest BCUT2D eigenvalue weighted by Gasteiger charge is -2.24. The molecule has 0 saturated heterocycles. The molecule has 0 bridgehead atoms. The van der Waals surface area contributed by atoms with Crippen LogP contribution in [0.4, 0.5) is 0 Å². The Morgan fingerprint density at radius 3 is 2.08 bits per heavy atom. The summed E-state index contributed by atoms with van der Waals surface area (Å²) in [5.41, 5.74) is 1.21. The Hall–Kier alpha value is -1.19. The van der Waals surface area contributed by atoms with Crippen molar-refractivity contribution in [2.45, 2.75) is 20.0 Å². The van der Waals surface area contributed by atoms with E-state index in [1.807, 2.05) is 25.8 Å². The van der Waals surface area contributed by atoms with Gasteiger partial charge in [0.05, 0.1) is 6.17 Å². The molecule has 0 spiro atoms. The van der Waals surface area contributed by atoms with Gasteiger partial charge in [-0.2, -0.15) is 0 Å². The Balaban J connectivity index is 3.04. The Kier molecular flexibility index (Phi) is 2.00. The molecule has 1 aliphatic rings. The van der Waals surface area contributed by atoms with Gasteiger partial charge in [-0.1, -0.05) is 0 Å². The summed E-state index contributed by atoms with van der Waals surface area (Å²) in [7, 11) is 3.69. The fourth-order valence-corrected chi connectivity index (χ4v) is 1.45. The van der Waals surface area contributed by atoms with Gasteiger partial charge in [-0.05, 0) is 13.8 Å². The molecule has 0 aromatic carbocycles. The number of carbonyl (C=O) groups is 1. The number of hydrogen-bond acceptors (Lipinski definition) is 3. The third-order valence-electron chi connectivity index (χ3n) is 2.55. The van der Waals surface area contributed by atoms with Crippen molar-refractivity contribution >= 4 is 5.97 Å². The van der Waals surface area contributed by atoms with Crippen molar-refractivity contribution in [1.82, 2.24) is 9.80 Å². The van der Waals surface area contributed by atoms with Crippen LogP contribution in [-0.4, -0.2) is 41.1 Å². The molecule has 0 radical (unpaired) electrons. The van der Waals surface area contributed by atoms with Crippen molar-refractivity contribution in [2.24, 2.45) is 0 Å². The minimum absolute atomic E-state index is 0.135. The first-order chi connectivity index (χ1) is 5.46. The van der Waals surface area contributed by atoms with Gasteiger partial charge in [-0.3, -0.25) is 0 Å². The second-order valence-electron chi connectivity index (χ2n) is 3.09. The van der Waals surface area contributed by atoms with Crippen molar-refractivity contribution in [3.05, 3.63) is 11.4 Å². The molecule has 0 aromatic rings. The summed E-state index contributed by atoms with van der Waals surface area (Å²) in [6.45, 7) is 3.79. The number of rotatable bonds is 1. The predicted molar refractivity (Wildman–Crippen MR) is 45.3 cm³/mol. The number of hydrogen-bond donors (Lipinski definition) is 1. The van der Waals surface area contributed by atoms with Crippen LogP contribution in [0.2, 0.25) is 0 Å². The zero-order valence-corrected chi connectivity index (χ0v) is 7.83. The normalized spacial score (nSPS) is 23.8. The fourth-order valence-electron chi connectivity index (χ4n) is 1.45. The van der Waals surface area contributed by atoms with E-state index in [2.05, 4.69) is 0 Å². The van der Waals surface area contributed by atoms with Gasteiger partial charge in [-0.15, -0.1) is 0 Å². The van der Waals surface area contributed by atoms with E-state index in [1.165, 1.54) is 0 Å². The van der Waals surface area contributed by atoms with Gasteiger partial charge in [0.1, 0.15) is 5.70 Å². The van der Waals surface area contributed by atoms with Crippen LogP contribution >= 0.6 is 0 Å². The number of nitrogens with zero attached hydrogens (tertiary/aromatic N) is 2. The maximum Gasteiger partial charge on any atom is 0.354 e. The number of carboxylic acid groups (broad SMARTS) is 1. The molecule has 0 aliphatic carbocycles. The highest BCUT2D eigenvalue weighted by atomic mass is 16.4. The Morgan fingerprint density at radius 1 is 1.42 bits per heavy atom. The molecule has 1 aliphatic heterocycles. The molecule has 1 rings (SSSR count). The minimum Gasteiger partial charge on any atom is -0.477 e. The Labute approximate surface area is 72.1 Å². The fraction of sp³-hybridized carbons (Fsp3) is 0.625. The first kappa shape index (κ1) is 8.90. The van der Waals surface area contributed by atoms with E-state index in [1.54, 1.807) is 11.9 Å². The van der Waals surface area contributed by atoms with Gasteiger partial charge in [0.2, 0.25) is 0 Å². The van der Waals surface area contributed by atoms with Crippen LogP contribution in [0.15, 0.2) is 11.4 Å². The molecule has 12 heavy (non-hydrogen) atoms. The van der Waals surface area contributed by atoms with Crippen LogP contribution in [0.25, 0.3) is 0 Å².